The summed E-state index contributed by atoms with van der Waals surface area (Å²) in [6, 6.07) is 8.58. The summed E-state index contributed by atoms with van der Waals surface area (Å²) in [5.74, 6) is 0. The molecule has 0 aliphatic heterocycles. The van der Waals surface area contributed by atoms with Gasteiger partial charge in [-0.1, -0.05) is 6.07 Å². The standard InChI is InChI=1S/C13H11N3O2S/c1-10-4-5-13-12(7-10)15-9-16(13)19(17,18)11-3-2-6-14-8-11/h2-9H,1H3. The van der Waals surface area contributed by atoms with Crippen LogP contribution in [0.3, 0.4) is 0 Å². The van der Waals surface area contributed by atoms with E-state index in [2.05, 4.69) is 9.97 Å². The molecule has 0 fully saturated rings. The number of hydrogen-bond donors (Lipinski definition) is 0. The topological polar surface area (TPSA) is 64.8 Å². The summed E-state index contributed by atoms with van der Waals surface area (Å²) in [6.45, 7) is 1.94. The van der Waals surface area contributed by atoms with Crippen LogP contribution in [0.1, 0.15) is 5.56 Å². The van der Waals surface area contributed by atoms with Crippen molar-refractivity contribution in [3.05, 3.63) is 54.6 Å². The lowest BCUT2D eigenvalue weighted by molar-refractivity contribution is 0.588. The van der Waals surface area contributed by atoms with Gasteiger partial charge in [-0.15, -0.1) is 0 Å². The van der Waals surface area contributed by atoms with Gasteiger partial charge in [0.05, 0.1) is 11.0 Å². The van der Waals surface area contributed by atoms with E-state index in [0.29, 0.717) is 11.0 Å². The Hall–Kier alpha value is -2.21. The highest BCUT2D eigenvalue weighted by atomic mass is 32.2. The van der Waals surface area contributed by atoms with Gasteiger partial charge >= 0.3 is 0 Å². The van der Waals surface area contributed by atoms with E-state index in [1.165, 1.54) is 28.8 Å². The fourth-order valence-corrected chi connectivity index (χ4v) is 3.16. The lowest BCUT2D eigenvalue weighted by Gasteiger charge is -2.05. The Labute approximate surface area is 110 Å². The first-order valence-corrected chi connectivity index (χ1v) is 7.12. The summed E-state index contributed by atoms with van der Waals surface area (Å²) < 4.78 is 26.1. The molecule has 19 heavy (non-hydrogen) atoms. The minimum atomic E-state index is -3.64. The number of aryl methyl sites for hydroxylation is 1. The zero-order chi connectivity index (χ0) is 13.5. The molecule has 0 saturated heterocycles. The maximum Gasteiger partial charge on any atom is 0.271 e. The Morgan fingerprint density at radius 3 is 2.79 bits per heavy atom. The highest BCUT2D eigenvalue weighted by Crippen LogP contribution is 2.20. The minimum Gasteiger partial charge on any atom is -0.263 e. The first kappa shape index (κ1) is 11.9. The summed E-state index contributed by atoms with van der Waals surface area (Å²) in [7, 11) is -3.64. The van der Waals surface area contributed by atoms with Crippen molar-refractivity contribution in [3.63, 3.8) is 0 Å². The van der Waals surface area contributed by atoms with Crippen molar-refractivity contribution < 1.29 is 8.42 Å². The summed E-state index contributed by atoms with van der Waals surface area (Å²) in [5.41, 5.74) is 2.26. The van der Waals surface area contributed by atoms with E-state index in [1.807, 2.05) is 19.1 Å². The molecule has 0 aliphatic rings. The second-order valence-corrected chi connectivity index (χ2v) is 6.04. The molecule has 1 aromatic carbocycles. The fourth-order valence-electron chi connectivity index (χ4n) is 1.90. The number of imidazole rings is 1. The maximum atomic E-state index is 12.5. The zero-order valence-corrected chi connectivity index (χ0v) is 11.0. The van der Waals surface area contributed by atoms with E-state index in [1.54, 1.807) is 12.1 Å². The average molecular weight is 273 g/mol. The van der Waals surface area contributed by atoms with Crippen LogP contribution in [0.4, 0.5) is 0 Å². The number of pyridine rings is 1. The Morgan fingerprint density at radius 1 is 1.21 bits per heavy atom. The molecule has 0 radical (unpaired) electrons. The number of nitrogens with zero attached hydrogens (tertiary/aromatic N) is 3. The molecule has 0 atom stereocenters. The molecule has 0 spiro atoms. The molecule has 6 heteroatoms. The lowest BCUT2D eigenvalue weighted by Crippen LogP contribution is -2.11. The van der Waals surface area contributed by atoms with Gasteiger partial charge < -0.3 is 0 Å². The number of aromatic nitrogens is 3. The van der Waals surface area contributed by atoms with Crippen LogP contribution >= 0.6 is 0 Å². The van der Waals surface area contributed by atoms with Crippen LogP contribution in [0.2, 0.25) is 0 Å². The van der Waals surface area contributed by atoms with E-state index in [4.69, 9.17) is 0 Å². The Morgan fingerprint density at radius 2 is 2.05 bits per heavy atom. The van der Waals surface area contributed by atoms with Crippen molar-refractivity contribution in [1.82, 2.24) is 13.9 Å². The van der Waals surface area contributed by atoms with Gasteiger partial charge in [0.25, 0.3) is 10.0 Å². The number of benzene rings is 1. The lowest BCUT2D eigenvalue weighted by atomic mass is 10.2. The number of rotatable bonds is 2. The molecule has 2 heterocycles. The summed E-state index contributed by atoms with van der Waals surface area (Å²) in [5, 5.41) is 0. The van der Waals surface area contributed by atoms with E-state index in [9.17, 15) is 8.42 Å². The maximum absolute atomic E-state index is 12.5. The largest absolute Gasteiger partial charge is 0.271 e. The van der Waals surface area contributed by atoms with Gasteiger partial charge in [-0.3, -0.25) is 4.98 Å². The number of hydrogen-bond acceptors (Lipinski definition) is 4. The van der Waals surface area contributed by atoms with Gasteiger partial charge in [-0.2, -0.15) is 0 Å². The second-order valence-electron chi connectivity index (χ2n) is 4.23. The Kier molecular flexibility index (Phi) is 2.60. The van der Waals surface area contributed by atoms with Crippen LogP contribution in [0, 0.1) is 6.92 Å². The molecule has 0 unspecified atom stereocenters. The molecule has 0 saturated carbocycles. The van der Waals surface area contributed by atoms with Crippen LogP contribution in [-0.2, 0) is 10.0 Å². The summed E-state index contributed by atoms with van der Waals surface area (Å²) in [6.07, 6.45) is 4.19. The predicted molar refractivity (Wildman–Crippen MR) is 71.3 cm³/mol. The van der Waals surface area contributed by atoms with Gasteiger partial charge in [-0.25, -0.2) is 17.4 Å². The second kappa shape index (κ2) is 4.17. The van der Waals surface area contributed by atoms with Gasteiger partial charge in [0, 0.05) is 12.4 Å². The van der Waals surface area contributed by atoms with Gasteiger partial charge in [0.1, 0.15) is 11.2 Å². The smallest absolute Gasteiger partial charge is 0.263 e. The van der Waals surface area contributed by atoms with E-state index >= 15 is 0 Å². The van der Waals surface area contributed by atoms with Crippen LogP contribution in [0.15, 0.2) is 53.9 Å². The van der Waals surface area contributed by atoms with Crippen molar-refractivity contribution in [1.29, 1.82) is 0 Å². The van der Waals surface area contributed by atoms with Crippen molar-refractivity contribution in [2.45, 2.75) is 11.8 Å². The van der Waals surface area contributed by atoms with Gasteiger partial charge in [-0.05, 0) is 36.8 Å². The molecule has 3 rings (SSSR count). The predicted octanol–water partition coefficient (Wildman–Crippen LogP) is 1.98. The van der Waals surface area contributed by atoms with Crippen LogP contribution in [0.25, 0.3) is 11.0 Å². The molecule has 3 aromatic rings. The SMILES string of the molecule is Cc1ccc2c(c1)ncn2S(=O)(=O)c1cccnc1. The van der Waals surface area contributed by atoms with Crippen LogP contribution < -0.4 is 0 Å². The van der Waals surface area contributed by atoms with Crippen molar-refractivity contribution in [2.24, 2.45) is 0 Å². The third-order valence-corrected chi connectivity index (χ3v) is 4.51. The fraction of sp³-hybridized carbons (Fsp3) is 0.0769. The third kappa shape index (κ3) is 1.90. The molecule has 2 aromatic heterocycles. The van der Waals surface area contributed by atoms with Crippen LogP contribution in [0.5, 0.6) is 0 Å². The molecule has 0 aliphatic carbocycles. The zero-order valence-electron chi connectivity index (χ0n) is 10.2. The molecule has 0 bridgehead atoms. The van der Waals surface area contributed by atoms with Gasteiger partial charge in [0.2, 0.25) is 0 Å². The van der Waals surface area contributed by atoms with E-state index in [0.717, 1.165) is 5.56 Å². The molecule has 0 amide bonds. The Balaban J connectivity index is 2.25. The highest BCUT2D eigenvalue weighted by molar-refractivity contribution is 7.90. The summed E-state index contributed by atoms with van der Waals surface area (Å²) in [4.78, 5) is 8.12. The quantitative estimate of drug-likeness (QED) is 0.716. The van der Waals surface area contributed by atoms with E-state index < -0.39 is 10.0 Å². The third-order valence-electron chi connectivity index (χ3n) is 2.86. The molecular weight excluding hydrogens is 262 g/mol. The molecule has 5 nitrogen and oxygen atoms in total. The molecule has 0 N–H and O–H groups in total. The average Bonchev–Trinajstić information content (AvgIpc) is 2.83. The first-order chi connectivity index (χ1) is 9.09. The monoisotopic (exact) mass is 273 g/mol. The first-order valence-electron chi connectivity index (χ1n) is 5.68. The van der Waals surface area contributed by atoms with Crippen molar-refractivity contribution in [2.75, 3.05) is 0 Å². The highest BCUT2D eigenvalue weighted by Gasteiger charge is 2.19. The summed E-state index contributed by atoms with van der Waals surface area (Å²) >= 11 is 0. The molecular formula is C13H11N3O2S. The van der Waals surface area contributed by atoms with Gasteiger partial charge in [0.15, 0.2) is 0 Å². The molecule has 96 valence electrons. The normalized spacial score (nSPS) is 11.8. The van der Waals surface area contributed by atoms with E-state index in [-0.39, 0.29) is 4.90 Å². The Bertz CT molecular complexity index is 839. The van der Waals surface area contributed by atoms with Crippen molar-refractivity contribution in [3.8, 4) is 0 Å². The number of fused-ring (bicyclic) bond motifs is 1. The van der Waals surface area contributed by atoms with Crippen LogP contribution in [-0.4, -0.2) is 22.4 Å². The minimum absolute atomic E-state index is 0.148. The van der Waals surface area contributed by atoms with Crippen molar-refractivity contribution >= 4 is 21.1 Å².